The van der Waals surface area contributed by atoms with Gasteiger partial charge >= 0.3 is 0 Å². The molecule has 0 spiro atoms. The molecule has 0 aromatic heterocycles. The average molecular weight is 259 g/mol. The molecule has 0 aliphatic heterocycles. The van der Waals surface area contributed by atoms with Crippen LogP contribution in [0.5, 0.6) is 0 Å². The van der Waals surface area contributed by atoms with Gasteiger partial charge in [-0.25, -0.2) is 0 Å². The van der Waals surface area contributed by atoms with Gasteiger partial charge in [-0.1, -0.05) is 51.5 Å². The molecule has 1 fully saturated rings. The summed E-state index contributed by atoms with van der Waals surface area (Å²) in [7, 11) is 0. The third-order valence-corrected chi connectivity index (χ3v) is 4.36. The lowest BCUT2D eigenvalue weighted by Gasteiger charge is -2.26. The first kappa shape index (κ1) is 14.6. The molecule has 1 nitrogen and oxygen atoms in total. The third-order valence-electron chi connectivity index (χ3n) is 4.36. The van der Waals surface area contributed by atoms with E-state index in [0.717, 1.165) is 24.9 Å². The van der Waals surface area contributed by atoms with Gasteiger partial charge in [0, 0.05) is 0 Å². The number of nitrogens with one attached hydrogen (secondary N) is 1. The number of rotatable bonds is 7. The van der Waals surface area contributed by atoms with Crippen molar-refractivity contribution in [2.45, 2.75) is 58.3 Å². The van der Waals surface area contributed by atoms with Crippen LogP contribution >= 0.6 is 0 Å². The van der Waals surface area contributed by atoms with Crippen molar-refractivity contribution in [2.24, 2.45) is 5.92 Å². The molecule has 106 valence electrons. The van der Waals surface area contributed by atoms with Crippen molar-refractivity contribution < 1.29 is 0 Å². The lowest BCUT2D eigenvalue weighted by atomic mass is 9.79. The van der Waals surface area contributed by atoms with Crippen LogP contribution in [-0.2, 0) is 0 Å². The van der Waals surface area contributed by atoms with Crippen LogP contribution in [0.25, 0.3) is 0 Å². The third kappa shape index (κ3) is 4.35. The van der Waals surface area contributed by atoms with Gasteiger partial charge in [0.1, 0.15) is 0 Å². The molecule has 1 saturated carbocycles. The molecule has 1 aromatic rings. The van der Waals surface area contributed by atoms with Crippen LogP contribution in [0.4, 0.5) is 0 Å². The Bertz CT molecular complexity index is 379. The van der Waals surface area contributed by atoms with E-state index in [1.54, 1.807) is 5.56 Å². The van der Waals surface area contributed by atoms with E-state index >= 15 is 0 Å². The summed E-state index contributed by atoms with van der Waals surface area (Å²) in [5, 5.41) is 3.55. The van der Waals surface area contributed by atoms with Gasteiger partial charge in [-0.3, -0.25) is 0 Å². The molecule has 1 N–H and O–H groups in total. The van der Waals surface area contributed by atoms with Crippen LogP contribution in [-0.4, -0.2) is 13.1 Å². The Morgan fingerprint density at radius 3 is 2.63 bits per heavy atom. The van der Waals surface area contributed by atoms with E-state index in [0.29, 0.717) is 5.92 Å². The molecule has 0 bridgehead atoms. The van der Waals surface area contributed by atoms with Gasteiger partial charge in [-0.15, -0.1) is 0 Å². The minimum Gasteiger partial charge on any atom is -0.316 e. The number of benzene rings is 1. The van der Waals surface area contributed by atoms with E-state index in [2.05, 4.69) is 50.4 Å². The quantitative estimate of drug-likeness (QED) is 0.700. The Balaban J connectivity index is 1.82. The summed E-state index contributed by atoms with van der Waals surface area (Å²) in [6.45, 7) is 9.15. The average Bonchev–Trinajstić information content (AvgIpc) is 2.32. The largest absolute Gasteiger partial charge is 0.316 e. The first-order valence-corrected chi connectivity index (χ1v) is 7.97. The van der Waals surface area contributed by atoms with Gasteiger partial charge in [-0.2, -0.15) is 0 Å². The summed E-state index contributed by atoms with van der Waals surface area (Å²) in [5.74, 6) is 2.27. The molecule has 0 heterocycles. The summed E-state index contributed by atoms with van der Waals surface area (Å²) >= 11 is 0. The lowest BCUT2D eigenvalue weighted by Crippen LogP contribution is -2.21. The van der Waals surface area contributed by atoms with E-state index in [9.17, 15) is 0 Å². The fourth-order valence-electron chi connectivity index (χ4n) is 2.74. The smallest absolute Gasteiger partial charge is 0.00258 e. The molecule has 1 unspecified atom stereocenters. The highest BCUT2D eigenvalue weighted by Crippen LogP contribution is 2.37. The Morgan fingerprint density at radius 2 is 2.00 bits per heavy atom. The molecule has 1 atom stereocenters. The molecule has 1 aliphatic carbocycles. The topological polar surface area (TPSA) is 12.0 Å². The zero-order chi connectivity index (χ0) is 13.7. The Morgan fingerprint density at radius 1 is 1.21 bits per heavy atom. The zero-order valence-electron chi connectivity index (χ0n) is 12.8. The molecule has 19 heavy (non-hydrogen) atoms. The normalized spacial score (nSPS) is 17.5. The summed E-state index contributed by atoms with van der Waals surface area (Å²) in [4.78, 5) is 0. The van der Waals surface area contributed by atoms with Crippen LogP contribution < -0.4 is 5.32 Å². The van der Waals surface area contributed by atoms with E-state index in [-0.39, 0.29) is 0 Å². The second-order valence-electron chi connectivity index (χ2n) is 6.59. The zero-order valence-corrected chi connectivity index (χ0v) is 12.8. The fourth-order valence-corrected chi connectivity index (χ4v) is 2.74. The van der Waals surface area contributed by atoms with Crippen molar-refractivity contribution in [1.82, 2.24) is 5.32 Å². The first-order valence-electron chi connectivity index (χ1n) is 7.97. The summed E-state index contributed by atoms with van der Waals surface area (Å²) in [5.41, 5.74) is 3.10. The van der Waals surface area contributed by atoms with Crippen molar-refractivity contribution in [3.05, 3.63) is 35.4 Å². The fraction of sp³-hybridized carbons (Fsp3) is 0.667. The summed E-state index contributed by atoms with van der Waals surface area (Å²) < 4.78 is 0. The van der Waals surface area contributed by atoms with Gasteiger partial charge in [-0.05, 0) is 61.2 Å². The van der Waals surface area contributed by atoms with Crippen molar-refractivity contribution in [3.8, 4) is 0 Å². The summed E-state index contributed by atoms with van der Waals surface area (Å²) in [6.07, 6.45) is 5.45. The molecule has 0 radical (unpaired) electrons. The molecular formula is C18H29N. The lowest BCUT2D eigenvalue weighted by molar-refractivity contribution is 0.419. The Kier molecular flexibility index (Phi) is 5.45. The second-order valence-corrected chi connectivity index (χ2v) is 6.59. The van der Waals surface area contributed by atoms with Gasteiger partial charge in [0.2, 0.25) is 0 Å². The van der Waals surface area contributed by atoms with Crippen molar-refractivity contribution in [3.63, 3.8) is 0 Å². The van der Waals surface area contributed by atoms with Gasteiger partial charge < -0.3 is 5.32 Å². The first-order chi connectivity index (χ1) is 9.16. The van der Waals surface area contributed by atoms with Crippen molar-refractivity contribution >= 4 is 0 Å². The molecule has 1 aliphatic rings. The molecule has 2 rings (SSSR count). The molecule has 0 amide bonds. The number of hydrogen-bond donors (Lipinski definition) is 1. The van der Waals surface area contributed by atoms with Gasteiger partial charge in [0.05, 0.1) is 0 Å². The van der Waals surface area contributed by atoms with Crippen molar-refractivity contribution in [2.75, 3.05) is 13.1 Å². The Labute approximate surface area is 118 Å². The van der Waals surface area contributed by atoms with Crippen molar-refractivity contribution in [1.29, 1.82) is 0 Å². The predicted molar refractivity (Wildman–Crippen MR) is 83.8 cm³/mol. The SMILES string of the molecule is CC(C)CNCCC(C)c1cccc(C2CCC2)c1. The second kappa shape index (κ2) is 7.09. The van der Waals surface area contributed by atoms with E-state index in [1.807, 2.05) is 0 Å². The minimum absolute atomic E-state index is 0.666. The van der Waals surface area contributed by atoms with Crippen LogP contribution in [0.15, 0.2) is 24.3 Å². The van der Waals surface area contributed by atoms with E-state index in [1.165, 1.54) is 31.2 Å². The maximum atomic E-state index is 3.55. The van der Waals surface area contributed by atoms with Gasteiger partial charge in [0.15, 0.2) is 0 Å². The standard InChI is InChI=1S/C18H29N/c1-14(2)13-19-11-10-15(3)17-8-5-9-18(12-17)16-6-4-7-16/h5,8-9,12,14-16,19H,4,6-7,10-11,13H2,1-3H3. The van der Waals surface area contributed by atoms with E-state index < -0.39 is 0 Å². The maximum Gasteiger partial charge on any atom is -0.00258 e. The Hall–Kier alpha value is -0.820. The summed E-state index contributed by atoms with van der Waals surface area (Å²) in [6, 6.07) is 9.32. The van der Waals surface area contributed by atoms with Crippen LogP contribution in [0.2, 0.25) is 0 Å². The molecule has 0 saturated heterocycles. The van der Waals surface area contributed by atoms with Crippen LogP contribution in [0.1, 0.15) is 69.4 Å². The predicted octanol–water partition coefficient (Wildman–Crippen LogP) is 4.69. The molecule has 1 aromatic carbocycles. The highest BCUT2D eigenvalue weighted by atomic mass is 14.8. The minimum atomic E-state index is 0.666. The van der Waals surface area contributed by atoms with E-state index in [4.69, 9.17) is 0 Å². The van der Waals surface area contributed by atoms with Gasteiger partial charge in [0.25, 0.3) is 0 Å². The number of hydrogen-bond acceptors (Lipinski definition) is 1. The molecule has 1 heteroatoms. The molecular weight excluding hydrogens is 230 g/mol. The maximum absolute atomic E-state index is 3.55. The van der Waals surface area contributed by atoms with Crippen LogP contribution in [0.3, 0.4) is 0 Å². The highest BCUT2D eigenvalue weighted by Gasteiger charge is 2.19. The highest BCUT2D eigenvalue weighted by molar-refractivity contribution is 5.29. The monoisotopic (exact) mass is 259 g/mol. The van der Waals surface area contributed by atoms with Crippen LogP contribution in [0, 0.1) is 5.92 Å².